The third kappa shape index (κ3) is 3.57. The molecule has 3 unspecified atom stereocenters. The van der Waals surface area contributed by atoms with E-state index in [0.29, 0.717) is 32.5 Å². The summed E-state index contributed by atoms with van der Waals surface area (Å²) in [4.78, 5) is 11.8. The van der Waals surface area contributed by atoms with Crippen molar-refractivity contribution in [1.29, 1.82) is 0 Å². The average molecular weight is 319 g/mol. The van der Waals surface area contributed by atoms with Crippen LogP contribution in [0.15, 0.2) is 0 Å². The van der Waals surface area contributed by atoms with E-state index < -0.39 is 27.2 Å². The van der Waals surface area contributed by atoms with Crippen molar-refractivity contribution in [1.82, 2.24) is 4.31 Å². The molecular weight excluding hydrogens is 294 g/mol. The van der Waals surface area contributed by atoms with E-state index in [-0.39, 0.29) is 6.10 Å². The summed E-state index contributed by atoms with van der Waals surface area (Å²) in [5, 5.41) is -0.634. The van der Waals surface area contributed by atoms with Gasteiger partial charge in [-0.25, -0.2) is 8.42 Å². The molecule has 1 heterocycles. The second-order valence-electron chi connectivity index (χ2n) is 5.72. The summed E-state index contributed by atoms with van der Waals surface area (Å²) in [7, 11) is -2.15. The smallest absolute Gasteiger partial charge is 0.310 e. The summed E-state index contributed by atoms with van der Waals surface area (Å²) in [5.74, 6) is -0.924. The Morgan fingerprint density at radius 2 is 2.00 bits per heavy atom. The summed E-state index contributed by atoms with van der Waals surface area (Å²) in [6.45, 7) is 3.43. The zero-order valence-corrected chi connectivity index (χ0v) is 13.6. The Morgan fingerprint density at radius 3 is 2.67 bits per heavy atom. The van der Waals surface area contributed by atoms with E-state index >= 15 is 0 Å². The van der Waals surface area contributed by atoms with E-state index in [1.165, 1.54) is 11.4 Å². The number of methoxy groups -OCH3 is 1. The fraction of sp³-hybridized carbons (Fsp3) is 0.929. The highest BCUT2D eigenvalue weighted by Gasteiger charge is 2.45. The minimum Gasteiger partial charge on any atom is -0.469 e. The number of carbonyl (C=O) groups excluding carboxylic acids is 1. The quantitative estimate of drug-likeness (QED) is 0.711. The summed E-state index contributed by atoms with van der Waals surface area (Å²) in [6.07, 6.45) is 3.56. The number of sulfonamides is 1. The van der Waals surface area contributed by atoms with Gasteiger partial charge in [-0.05, 0) is 32.6 Å². The fourth-order valence-electron chi connectivity index (χ4n) is 3.40. The van der Waals surface area contributed by atoms with Gasteiger partial charge in [0.25, 0.3) is 0 Å². The second kappa shape index (κ2) is 7.07. The van der Waals surface area contributed by atoms with Crippen molar-refractivity contribution in [2.45, 2.75) is 50.4 Å². The Morgan fingerprint density at radius 1 is 1.24 bits per heavy atom. The van der Waals surface area contributed by atoms with Crippen molar-refractivity contribution < 1.29 is 22.7 Å². The first-order valence-corrected chi connectivity index (χ1v) is 9.19. The maximum absolute atomic E-state index is 12.8. The molecule has 122 valence electrons. The molecule has 0 bridgehead atoms. The van der Waals surface area contributed by atoms with Crippen LogP contribution in [0.25, 0.3) is 0 Å². The molecule has 0 aromatic carbocycles. The summed E-state index contributed by atoms with van der Waals surface area (Å²) < 4.78 is 37.5. The largest absolute Gasteiger partial charge is 0.469 e. The number of esters is 1. The molecule has 1 aliphatic carbocycles. The van der Waals surface area contributed by atoms with Gasteiger partial charge in [0.1, 0.15) is 0 Å². The molecule has 2 fully saturated rings. The zero-order valence-electron chi connectivity index (χ0n) is 12.8. The van der Waals surface area contributed by atoms with Gasteiger partial charge in [-0.3, -0.25) is 4.79 Å². The van der Waals surface area contributed by atoms with Gasteiger partial charge in [0.05, 0.1) is 24.4 Å². The topological polar surface area (TPSA) is 72.9 Å². The Balaban J connectivity index is 2.11. The van der Waals surface area contributed by atoms with Crippen molar-refractivity contribution in [3.05, 3.63) is 0 Å². The molecule has 0 amide bonds. The maximum Gasteiger partial charge on any atom is 0.310 e. The molecule has 1 saturated carbocycles. The normalized spacial score (nSPS) is 31.2. The van der Waals surface area contributed by atoms with Crippen LogP contribution in [-0.4, -0.2) is 56.9 Å². The first kappa shape index (κ1) is 16.7. The highest BCUT2D eigenvalue weighted by molar-refractivity contribution is 7.89. The number of ether oxygens (including phenoxy) is 2. The van der Waals surface area contributed by atoms with Crippen molar-refractivity contribution in [2.24, 2.45) is 5.92 Å². The standard InChI is InChI=1S/C14H25NO5S/c1-3-20-11-6-5-9-15(10-11)21(17,18)13-8-4-7-12(13)14(16)19-2/h11-13H,3-10H2,1-2H3. The van der Waals surface area contributed by atoms with E-state index in [1.54, 1.807) is 0 Å². The van der Waals surface area contributed by atoms with Crippen LogP contribution in [0.3, 0.4) is 0 Å². The Kier molecular flexibility index (Phi) is 5.62. The first-order valence-electron chi connectivity index (χ1n) is 7.69. The van der Waals surface area contributed by atoms with E-state index in [1.807, 2.05) is 6.92 Å². The van der Waals surface area contributed by atoms with E-state index in [0.717, 1.165) is 19.3 Å². The van der Waals surface area contributed by atoms with Crippen LogP contribution in [0.2, 0.25) is 0 Å². The van der Waals surface area contributed by atoms with Crippen molar-refractivity contribution in [3.8, 4) is 0 Å². The maximum atomic E-state index is 12.8. The molecule has 1 aliphatic heterocycles. The lowest BCUT2D eigenvalue weighted by atomic mass is 10.1. The fourth-order valence-corrected chi connectivity index (χ4v) is 5.67. The van der Waals surface area contributed by atoms with Gasteiger partial charge < -0.3 is 9.47 Å². The lowest BCUT2D eigenvalue weighted by Gasteiger charge is -2.34. The molecule has 0 aromatic rings. The van der Waals surface area contributed by atoms with Gasteiger partial charge in [0, 0.05) is 19.7 Å². The van der Waals surface area contributed by atoms with Crippen LogP contribution in [0.4, 0.5) is 0 Å². The molecule has 0 radical (unpaired) electrons. The summed E-state index contributed by atoms with van der Waals surface area (Å²) in [6, 6.07) is 0. The molecule has 2 aliphatic rings. The van der Waals surface area contributed by atoms with Gasteiger partial charge in [-0.15, -0.1) is 0 Å². The number of hydrogen-bond acceptors (Lipinski definition) is 5. The van der Waals surface area contributed by atoms with Crippen LogP contribution in [0.5, 0.6) is 0 Å². The average Bonchev–Trinajstić information content (AvgIpc) is 2.97. The molecule has 0 spiro atoms. The molecular formula is C14H25NO5S. The van der Waals surface area contributed by atoms with Crippen LogP contribution in [0, 0.1) is 5.92 Å². The van der Waals surface area contributed by atoms with Crippen molar-refractivity contribution in [2.75, 3.05) is 26.8 Å². The molecule has 2 rings (SSSR count). The van der Waals surface area contributed by atoms with Gasteiger partial charge in [0.2, 0.25) is 10.0 Å². The van der Waals surface area contributed by atoms with Gasteiger partial charge >= 0.3 is 5.97 Å². The van der Waals surface area contributed by atoms with E-state index in [9.17, 15) is 13.2 Å². The van der Waals surface area contributed by atoms with Gasteiger partial charge in [-0.2, -0.15) is 4.31 Å². The monoisotopic (exact) mass is 319 g/mol. The van der Waals surface area contributed by atoms with Crippen LogP contribution < -0.4 is 0 Å². The van der Waals surface area contributed by atoms with Crippen LogP contribution in [0.1, 0.15) is 39.0 Å². The zero-order chi connectivity index (χ0) is 15.5. The minimum absolute atomic E-state index is 0.0310. The number of piperidine rings is 1. The SMILES string of the molecule is CCOC1CCCN(S(=O)(=O)C2CCCC2C(=O)OC)C1. The van der Waals surface area contributed by atoms with Crippen LogP contribution in [-0.2, 0) is 24.3 Å². The Hall–Kier alpha value is -0.660. The third-order valence-electron chi connectivity index (χ3n) is 4.44. The third-order valence-corrected chi connectivity index (χ3v) is 6.82. The predicted molar refractivity (Wildman–Crippen MR) is 78.3 cm³/mol. The highest BCUT2D eigenvalue weighted by Crippen LogP contribution is 2.34. The second-order valence-corrected chi connectivity index (χ2v) is 7.87. The van der Waals surface area contributed by atoms with Crippen molar-refractivity contribution >= 4 is 16.0 Å². The van der Waals surface area contributed by atoms with E-state index in [2.05, 4.69) is 0 Å². The van der Waals surface area contributed by atoms with Crippen molar-refractivity contribution in [3.63, 3.8) is 0 Å². The number of nitrogens with zero attached hydrogens (tertiary/aromatic N) is 1. The highest BCUT2D eigenvalue weighted by atomic mass is 32.2. The van der Waals surface area contributed by atoms with Crippen LogP contribution >= 0.6 is 0 Å². The van der Waals surface area contributed by atoms with E-state index in [4.69, 9.17) is 9.47 Å². The first-order chi connectivity index (χ1) is 10.0. The lowest BCUT2D eigenvalue weighted by molar-refractivity contribution is -0.145. The predicted octanol–water partition coefficient (Wildman–Crippen LogP) is 1.16. The molecule has 21 heavy (non-hydrogen) atoms. The van der Waals surface area contributed by atoms with Gasteiger partial charge in [0.15, 0.2) is 0 Å². The molecule has 1 saturated heterocycles. The minimum atomic E-state index is -3.46. The molecule has 6 nitrogen and oxygen atoms in total. The Bertz CT molecular complexity index is 462. The van der Waals surface area contributed by atoms with Gasteiger partial charge in [-0.1, -0.05) is 6.42 Å². The lowest BCUT2D eigenvalue weighted by Crippen LogP contribution is -2.48. The molecule has 0 aromatic heterocycles. The molecule has 3 atom stereocenters. The summed E-state index contributed by atoms with van der Waals surface area (Å²) >= 11 is 0. The number of carbonyl (C=O) groups is 1. The number of rotatable bonds is 5. The molecule has 7 heteroatoms. The Labute approximate surface area is 126 Å². The number of hydrogen-bond donors (Lipinski definition) is 0. The molecule has 0 N–H and O–H groups in total. The summed E-state index contributed by atoms with van der Waals surface area (Å²) in [5.41, 5.74) is 0.